The van der Waals surface area contributed by atoms with Crippen LogP contribution in [0.4, 0.5) is 8.78 Å². The number of aliphatic hydroxyl groups excluding tert-OH is 1. The summed E-state index contributed by atoms with van der Waals surface area (Å²) in [6.45, 7) is 0. The number of Topliss-reactive ketones (excluding diaryl/α,β-unsaturated/α-hetero) is 1. The predicted molar refractivity (Wildman–Crippen MR) is 61.5 cm³/mol. The van der Waals surface area contributed by atoms with Crippen LogP contribution in [0.25, 0.3) is 0 Å². The lowest BCUT2D eigenvalue weighted by atomic mass is 9.88. The number of carbonyl (C=O) groups excluding carboxylic acids is 4. The number of alkyl halides is 2. The van der Waals surface area contributed by atoms with Crippen LogP contribution in [0, 0.1) is 17.8 Å². The maximum atomic E-state index is 13.6. The minimum absolute atomic E-state index is 0.153. The molecule has 0 aromatic carbocycles. The number of aliphatic hydroxyl groups is 1. The van der Waals surface area contributed by atoms with Crippen molar-refractivity contribution in [3.8, 4) is 0 Å². The summed E-state index contributed by atoms with van der Waals surface area (Å²) in [5.41, 5.74) is 0. The minimum atomic E-state index is -4.63. The first-order chi connectivity index (χ1) is 10.3. The second kappa shape index (κ2) is 4.80. The van der Waals surface area contributed by atoms with Crippen LogP contribution in [-0.4, -0.2) is 53.3 Å². The van der Waals surface area contributed by atoms with E-state index >= 15 is 0 Å². The molecule has 22 heavy (non-hydrogen) atoms. The lowest BCUT2D eigenvalue weighted by molar-refractivity contribution is -0.190. The summed E-state index contributed by atoms with van der Waals surface area (Å²) in [5, 5.41) is 8.84. The maximum absolute atomic E-state index is 13.6. The van der Waals surface area contributed by atoms with E-state index in [4.69, 9.17) is 14.6 Å². The molecule has 0 aromatic heterocycles. The molecule has 1 N–H and O–H groups in total. The topological polar surface area (TPSA) is 107 Å². The average Bonchev–Trinajstić information content (AvgIpc) is 3.10. The Morgan fingerprint density at radius 3 is 2.73 bits per heavy atom. The molecule has 3 fully saturated rings. The molecule has 3 rings (SSSR count). The van der Waals surface area contributed by atoms with E-state index in [2.05, 4.69) is 0 Å². The summed E-state index contributed by atoms with van der Waals surface area (Å²) in [7, 11) is 0. The SMILES string of the molecule is O=CC(O)C(=O)C(F)(F)C(=O)OC1C2CC3C(=O)OC1C3C2. The molecule has 120 valence electrons. The smallest absolute Gasteiger partial charge is 0.402 e. The quantitative estimate of drug-likeness (QED) is 0.403. The summed E-state index contributed by atoms with van der Waals surface area (Å²) in [6.07, 6.45) is -3.85. The van der Waals surface area contributed by atoms with Crippen LogP contribution in [0.15, 0.2) is 0 Å². The van der Waals surface area contributed by atoms with Crippen molar-refractivity contribution < 1.29 is 42.5 Å². The van der Waals surface area contributed by atoms with Crippen LogP contribution in [0.5, 0.6) is 0 Å². The van der Waals surface area contributed by atoms with Gasteiger partial charge in [-0.2, -0.15) is 8.78 Å². The molecule has 0 spiro atoms. The third-order valence-corrected chi connectivity index (χ3v) is 4.62. The molecular weight excluding hydrogens is 306 g/mol. The summed E-state index contributed by atoms with van der Waals surface area (Å²) in [5.74, 6) is -10.1. The summed E-state index contributed by atoms with van der Waals surface area (Å²) in [6, 6.07) is 0. The molecule has 2 saturated carbocycles. The van der Waals surface area contributed by atoms with Gasteiger partial charge < -0.3 is 14.6 Å². The van der Waals surface area contributed by atoms with Crippen molar-refractivity contribution in [2.75, 3.05) is 0 Å². The number of hydrogen-bond acceptors (Lipinski definition) is 7. The Balaban J connectivity index is 1.71. The van der Waals surface area contributed by atoms with Gasteiger partial charge in [0.05, 0.1) is 5.92 Å². The fourth-order valence-corrected chi connectivity index (χ4v) is 3.61. The first kappa shape index (κ1) is 15.0. The fourth-order valence-electron chi connectivity index (χ4n) is 3.61. The highest BCUT2D eigenvalue weighted by molar-refractivity contribution is 6.12. The highest BCUT2D eigenvalue weighted by Crippen LogP contribution is 2.55. The van der Waals surface area contributed by atoms with E-state index in [0.29, 0.717) is 12.8 Å². The van der Waals surface area contributed by atoms with Crippen LogP contribution in [0.3, 0.4) is 0 Å². The van der Waals surface area contributed by atoms with E-state index in [1.54, 1.807) is 0 Å². The Morgan fingerprint density at radius 1 is 1.41 bits per heavy atom. The average molecular weight is 318 g/mol. The molecule has 1 saturated heterocycles. The Kier molecular flexibility index (Phi) is 3.28. The minimum Gasteiger partial charge on any atom is -0.458 e. The molecule has 2 aliphatic carbocycles. The second-order valence-corrected chi connectivity index (χ2v) is 5.79. The summed E-state index contributed by atoms with van der Waals surface area (Å²) in [4.78, 5) is 44.4. The van der Waals surface area contributed by atoms with Gasteiger partial charge in [-0.15, -0.1) is 0 Å². The zero-order valence-corrected chi connectivity index (χ0v) is 11.1. The van der Waals surface area contributed by atoms with E-state index in [9.17, 15) is 28.0 Å². The van der Waals surface area contributed by atoms with Gasteiger partial charge in [0.2, 0.25) is 5.78 Å². The third kappa shape index (κ3) is 1.95. The van der Waals surface area contributed by atoms with Crippen LogP contribution in [0.1, 0.15) is 12.8 Å². The van der Waals surface area contributed by atoms with Gasteiger partial charge in [0, 0.05) is 11.8 Å². The number of halogens is 2. The molecule has 3 aliphatic rings. The van der Waals surface area contributed by atoms with Gasteiger partial charge in [0.25, 0.3) is 0 Å². The number of hydrogen-bond donors (Lipinski definition) is 1. The van der Waals surface area contributed by atoms with Crippen LogP contribution >= 0.6 is 0 Å². The Labute approximate surface area is 122 Å². The lowest BCUT2D eigenvalue weighted by Gasteiger charge is -2.26. The molecule has 7 nitrogen and oxygen atoms in total. The molecule has 6 atom stereocenters. The molecule has 1 heterocycles. The molecule has 9 heteroatoms. The van der Waals surface area contributed by atoms with Crippen LogP contribution < -0.4 is 0 Å². The van der Waals surface area contributed by atoms with Gasteiger partial charge in [-0.1, -0.05) is 0 Å². The third-order valence-electron chi connectivity index (χ3n) is 4.62. The van der Waals surface area contributed by atoms with E-state index in [1.807, 2.05) is 0 Å². The first-order valence-electron chi connectivity index (χ1n) is 6.74. The van der Waals surface area contributed by atoms with Crippen molar-refractivity contribution in [2.24, 2.45) is 17.8 Å². The maximum Gasteiger partial charge on any atom is 0.402 e. The first-order valence-corrected chi connectivity index (χ1v) is 6.74. The van der Waals surface area contributed by atoms with Gasteiger partial charge in [0.15, 0.2) is 12.4 Å². The van der Waals surface area contributed by atoms with Crippen LogP contribution in [0.2, 0.25) is 0 Å². The van der Waals surface area contributed by atoms with Crippen molar-refractivity contribution in [1.29, 1.82) is 0 Å². The molecule has 0 aromatic rings. The Bertz CT molecular complexity index is 561. The molecule has 1 aliphatic heterocycles. The number of fused-ring (bicyclic) bond motifs is 1. The Morgan fingerprint density at radius 2 is 2.09 bits per heavy atom. The van der Waals surface area contributed by atoms with Crippen molar-refractivity contribution in [3.63, 3.8) is 0 Å². The predicted octanol–water partition coefficient (Wildman–Crippen LogP) is -0.756. The molecule has 6 unspecified atom stereocenters. The normalized spacial score (nSPS) is 36.9. The van der Waals surface area contributed by atoms with Crippen molar-refractivity contribution in [2.45, 2.75) is 37.1 Å². The standard InChI is InChI=1S/C13H12F2O7/c14-13(15,10(18)7(17)3-16)12(20)22-8-4-1-5-6(2-4)11(19)21-9(5)8/h3-9,17H,1-2H2. The molecule has 0 radical (unpaired) electrons. The van der Waals surface area contributed by atoms with Crippen molar-refractivity contribution in [1.82, 2.24) is 0 Å². The number of ether oxygens (including phenoxy) is 2. The second-order valence-electron chi connectivity index (χ2n) is 5.79. The molecular formula is C13H12F2O7. The number of rotatable bonds is 5. The van der Waals surface area contributed by atoms with E-state index < -0.39 is 48.2 Å². The largest absolute Gasteiger partial charge is 0.458 e. The van der Waals surface area contributed by atoms with Crippen molar-refractivity contribution >= 4 is 24.0 Å². The van der Waals surface area contributed by atoms with E-state index in [0.717, 1.165) is 0 Å². The van der Waals surface area contributed by atoms with E-state index in [-0.39, 0.29) is 17.8 Å². The molecule has 2 bridgehead atoms. The van der Waals surface area contributed by atoms with Gasteiger partial charge >= 0.3 is 17.9 Å². The number of carbonyl (C=O) groups is 4. The zero-order valence-electron chi connectivity index (χ0n) is 11.1. The fraction of sp³-hybridized carbons (Fsp3) is 0.692. The summed E-state index contributed by atoms with van der Waals surface area (Å²) >= 11 is 0. The summed E-state index contributed by atoms with van der Waals surface area (Å²) < 4.78 is 37.0. The van der Waals surface area contributed by atoms with Gasteiger partial charge in [0.1, 0.15) is 12.2 Å². The number of ketones is 1. The monoisotopic (exact) mass is 318 g/mol. The molecule has 0 amide bonds. The highest BCUT2D eigenvalue weighted by Gasteiger charge is 2.64. The number of aldehydes is 1. The van der Waals surface area contributed by atoms with E-state index in [1.165, 1.54) is 0 Å². The van der Waals surface area contributed by atoms with Gasteiger partial charge in [-0.25, -0.2) is 4.79 Å². The van der Waals surface area contributed by atoms with Crippen molar-refractivity contribution in [3.05, 3.63) is 0 Å². The Hall–Kier alpha value is -1.90. The highest BCUT2D eigenvalue weighted by atomic mass is 19.3. The van der Waals surface area contributed by atoms with Crippen LogP contribution in [-0.2, 0) is 28.7 Å². The zero-order chi connectivity index (χ0) is 16.2. The van der Waals surface area contributed by atoms with Gasteiger partial charge in [-0.3, -0.25) is 14.4 Å². The number of esters is 2. The lowest BCUT2D eigenvalue weighted by Crippen LogP contribution is -2.48. The van der Waals surface area contributed by atoms with Gasteiger partial charge in [-0.05, 0) is 12.8 Å².